The molecular formula is C11H11BrN2O2S. The Morgan fingerprint density at radius 1 is 1.65 bits per heavy atom. The Morgan fingerprint density at radius 3 is 2.94 bits per heavy atom. The van der Waals surface area contributed by atoms with Gasteiger partial charge < -0.3 is 9.32 Å². The van der Waals surface area contributed by atoms with Crippen LogP contribution in [0.2, 0.25) is 0 Å². The molecule has 2 rings (SSSR count). The van der Waals surface area contributed by atoms with Crippen molar-refractivity contribution in [2.75, 3.05) is 7.05 Å². The van der Waals surface area contributed by atoms with Crippen LogP contribution >= 0.6 is 27.3 Å². The summed E-state index contributed by atoms with van der Waals surface area (Å²) in [6.07, 6.45) is 1.29. The number of aryl methyl sites for hydroxylation is 1. The van der Waals surface area contributed by atoms with Gasteiger partial charge in [0, 0.05) is 13.6 Å². The lowest BCUT2D eigenvalue weighted by atomic mass is 10.3. The number of aromatic nitrogens is 1. The van der Waals surface area contributed by atoms with Gasteiger partial charge in [0.15, 0.2) is 6.39 Å². The molecule has 0 N–H and O–H groups in total. The van der Waals surface area contributed by atoms with Crippen LogP contribution in [0.1, 0.15) is 21.8 Å². The molecule has 2 aromatic rings. The Bertz CT molecular complexity index is 535. The fourth-order valence-electron chi connectivity index (χ4n) is 1.45. The molecule has 6 heteroatoms. The average Bonchev–Trinajstić information content (AvgIpc) is 2.86. The maximum absolute atomic E-state index is 12.0. The van der Waals surface area contributed by atoms with E-state index in [9.17, 15) is 4.79 Å². The van der Waals surface area contributed by atoms with Crippen molar-refractivity contribution in [3.05, 3.63) is 38.6 Å². The SMILES string of the molecule is Cc1ncoc1C(=O)N(C)Cc1csc(Br)c1. The minimum atomic E-state index is -0.151. The number of carbonyl (C=O) groups is 1. The predicted octanol–water partition coefficient (Wildman–Crippen LogP) is 3.08. The number of rotatable bonds is 3. The van der Waals surface area contributed by atoms with Crippen LogP contribution in [0.3, 0.4) is 0 Å². The van der Waals surface area contributed by atoms with Crippen LogP contribution in [-0.2, 0) is 6.54 Å². The van der Waals surface area contributed by atoms with Gasteiger partial charge in [-0.25, -0.2) is 4.98 Å². The summed E-state index contributed by atoms with van der Waals surface area (Å²) < 4.78 is 6.14. The minimum absolute atomic E-state index is 0.151. The lowest BCUT2D eigenvalue weighted by Gasteiger charge is -2.14. The van der Waals surface area contributed by atoms with Crippen LogP contribution in [0.15, 0.2) is 26.0 Å². The van der Waals surface area contributed by atoms with Crippen LogP contribution in [-0.4, -0.2) is 22.8 Å². The summed E-state index contributed by atoms with van der Waals surface area (Å²) in [6.45, 7) is 2.31. The van der Waals surface area contributed by atoms with Crippen molar-refractivity contribution in [2.24, 2.45) is 0 Å². The van der Waals surface area contributed by atoms with E-state index in [1.165, 1.54) is 6.39 Å². The molecular weight excluding hydrogens is 304 g/mol. The first kappa shape index (κ1) is 12.3. The van der Waals surface area contributed by atoms with E-state index in [-0.39, 0.29) is 5.91 Å². The Balaban J connectivity index is 2.08. The fraction of sp³-hybridized carbons (Fsp3) is 0.273. The topological polar surface area (TPSA) is 46.3 Å². The van der Waals surface area contributed by atoms with Crippen LogP contribution in [0, 0.1) is 6.92 Å². The number of hydrogen-bond acceptors (Lipinski definition) is 4. The predicted molar refractivity (Wildman–Crippen MR) is 69.1 cm³/mol. The van der Waals surface area contributed by atoms with Crippen molar-refractivity contribution in [3.63, 3.8) is 0 Å². The average molecular weight is 315 g/mol. The third-order valence-corrected chi connectivity index (χ3v) is 3.88. The first-order valence-electron chi connectivity index (χ1n) is 4.96. The van der Waals surface area contributed by atoms with Gasteiger partial charge in [-0.3, -0.25) is 4.79 Å². The van der Waals surface area contributed by atoms with E-state index < -0.39 is 0 Å². The minimum Gasteiger partial charge on any atom is -0.438 e. The smallest absolute Gasteiger partial charge is 0.291 e. The normalized spacial score (nSPS) is 10.5. The number of halogens is 1. The zero-order chi connectivity index (χ0) is 12.4. The van der Waals surface area contributed by atoms with Crippen LogP contribution in [0.4, 0.5) is 0 Å². The molecule has 0 spiro atoms. The zero-order valence-electron chi connectivity index (χ0n) is 9.44. The molecule has 0 aliphatic heterocycles. The second-order valence-corrected chi connectivity index (χ2v) is 5.98. The van der Waals surface area contributed by atoms with E-state index >= 15 is 0 Å². The lowest BCUT2D eigenvalue weighted by molar-refractivity contribution is 0.0752. The molecule has 1 amide bonds. The van der Waals surface area contributed by atoms with Gasteiger partial charge in [-0.15, -0.1) is 11.3 Å². The Kier molecular flexibility index (Phi) is 3.63. The van der Waals surface area contributed by atoms with Crippen molar-refractivity contribution >= 4 is 33.2 Å². The molecule has 0 aromatic carbocycles. The van der Waals surface area contributed by atoms with Gasteiger partial charge in [0.2, 0.25) is 5.76 Å². The van der Waals surface area contributed by atoms with Gasteiger partial charge in [0.1, 0.15) is 0 Å². The summed E-state index contributed by atoms with van der Waals surface area (Å²) in [4.78, 5) is 17.5. The Hall–Kier alpha value is -1.14. The highest BCUT2D eigenvalue weighted by molar-refractivity contribution is 9.11. The molecule has 2 heterocycles. The monoisotopic (exact) mass is 314 g/mol. The second-order valence-electron chi connectivity index (χ2n) is 3.69. The highest BCUT2D eigenvalue weighted by Crippen LogP contribution is 2.22. The fourth-order valence-corrected chi connectivity index (χ4v) is 2.66. The quantitative estimate of drug-likeness (QED) is 0.874. The van der Waals surface area contributed by atoms with E-state index in [1.54, 1.807) is 30.2 Å². The van der Waals surface area contributed by atoms with Crippen molar-refractivity contribution in [1.82, 2.24) is 9.88 Å². The van der Waals surface area contributed by atoms with E-state index in [4.69, 9.17) is 4.42 Å². The van der Waals surface area contributed by atoms with E-state index in [0.717, 1.165) is 9.35 Å². The van der Waals surface area contributed by atoms with Gasteiger partial charge in [0.25, 0.3) is 5.91 Å². The van der Waals surface area contributed by atoms with Crippen molar-refractivity contribution in [1.29, 1.82) is 0 Å². The Morgan fingerprint density at radius 2 is 2.41 bits per heavy atom. The molecule has 2 aromatic heterocycles. The summed E-state index contributed by atoms with van der Waals surface area (Å²) >= 11 is 5.00. The molecule has 0 saturated carbocycles. The van der Waals surface area contributed by atoms with E-state index in [0.29, 0.717) is 18.0 Å². The summed E-state index contributed by atoms with van der Waals surface area (Å²) in [5.74, 6) is 0.157. The van der Waals surface area contributed by atoms with Gasteiger partial charge >= 0.3 is 0 Å². The van der Waals surface area contributed by atoms with E-state index in [1.807, 2.05) is 11.4 Å². The summed E-state index contributed by atoms with van der Waals surface area (Å²) in [5, 5.41) is 2.01. The molecule has 0 fully saturated rings. The number of oxazole rings is 1. The van der Waals surface area contributed by atoms with Crippen LogP contribution in [0.25, 0.3) is 0 Å². The molecule has 4 nitrogen and oxygen atoms in total. The lowest BCUT2D eigenvalue weighted by Crippen LogP contribution is -2.26. The van der Waals surface area contributed by atoms with Crippen LogP contribution < -0.4 is 0 Å². The molecule has 90 valence electrons. The highest BCUT2D eigenvalue weighted by Gasteiger charge is 2.18. The van der Waals surface area contributed by atoms with Crippen molar-refractivity contribution in [3.8, 4) is 0 Å². The number of thiophene rings is 1. The number of amides is 1. The second kappa shape index (κ2) is 5.01. The third kappa shape index (κ3) is 2.76. The summed E-state index contributed by atoms with van der Waals surface area (Å²) in [6, 6.07) is 2.00. The largest absolute Gasteiger partial charge is 0.438 e. The maximum Gasteiger partial charge on any atom is 0.291 e. The van der Waals surface area contributed by atoms with Gasteiger partial charge in [-0.1, -0.05) is 0 Å². The van der Waals surface area contributed by atoms with Gasteiger partial charge in [0.05, 0.1) is 9.48 Å². The van der Waals surface area contributed by atoms with Gasteiger partial charge in [-0.05, 0) is 39.9 Å². The molecule has 0 atom stereocenters. The highest BCUT2D eigenvalue weighted by atomic mass is 79.9. The third-order valence-electron chi connectivity index (χ3n) is 2.33. The Labute approximate surface area is 111 Å². The number of carbonyl (C=O) groups excluding carboxylic acids is 1. The molecule has 0 bridgehead atoms. The molecule has 0 aliphatic carbocycles. The van der Waals surface area contributed by atoms with Crippen molar-refractivity contribution < 1.29 is 9.21 Å². The maximum atomic E-state index is 12.0. The first-order chi connectivity index (χ1) is 8.08. The van der Waals surface area contributed by atoms with Crippen LogP contribution in [0.5, 0.6) is 0 Å². The van der Waals surface area contributed by atoms with E-state index in [2.05, 4.69) is 20.9 Å². The molecule has 0 radical (unpaired) electrons. The molecule has 0 aliphatic rings. The molecule has 0 saturated heterocycles. The van der Waals surface area contributed by atoms with Gasteiger partial charge in [-0.2, -0.15) is 0 Å². The standard InChI is InChI=1S/C11H11BrN2O2S/c1-7-10(16-6-13-7)11(15)14(2)4-8-3-9(12)17-5-8/h3,5-6H,4H2,1-2H3. The number of nitrogens with zero attached hydrogens (tertiary/aromatic N) is 2. The zero-order valence-corrected chi connectivity index (χ0v) is 11.8. The summed E-state index contributed by atoms with van der Waals surface area (Å²) in [7, 11) is 1.75. The van der Waals surface area contributed by atoms with Crippen molar-refractivity contribution in [2.45, 2.75) is 13.5 Å². The number of hydrogen-bond donors (Lipinski definition) is 0. The molecule has 0 unspecified atom stereocenters. The summed E-state index contributed by atoms with van der Waals surface area (Å²) in [5.41, 5.74) is 1.71. The first-order valence-corrected chi connectivity index (χ1v) is 6.63. The molecule has 17 heavy (non-hydrogen) atoms.